The van der Waals surface area contributed by atoms with Crippen molar-refractivity contribution in [3.05, 3.63) is 47.7 Å². The smallest absolute Gasteiger partial charge is 0.280 e. The maximum absolute atomic E-state index is 12.4. The highest BCUT2D eigenvalue weighted by molar-refractivity contribution is 7.92. The molecule has 3 rings (SSSR count). The standard InChI is InChI=1S/C17H18N2O6S2/c1-2-25-13-6-3-12(4-7-13)5-8-16(20)19-27(23,24)17-14-9-10-26(21,22)15(14)11-18-17/h3-8,11,18H,2,9-10H2,1H3,(H,19,20). The molecular formula is C17H18N2O6S2. The Morgan fingerprint density at radius 3 is 2.67 bits per heavy atom. The molecule has 1 aliphatic heterocycles. The molecule has 1 amide bonds. The van der Waals surface area contributed by atoms with E-state index in [9.17, 15) is 21.6 Å². The predicted molar refractivity (Wildman–Crippen MR) is 98.5 cm³/mol. The number of carbonyl (C=O) groups is 1. The van der Waals surface area contributed by atoms with E-state index in [1.54, 1.807) is 24.3 Å². The third-order valence-corrected chi connectivity index (χ3v) is 7.13. The lowest BCUT2D eigenvalue weighted by Crippen LogP contribution is -2.29. The molecule has 0 unspecified atom stereocenters. The zero-order valence-electron chi connectivity index (χ0n) is 14.4. The number of nitrogens with one attached hydrogen (secondary N) is 2. The van der Waals surface area contributed by atoms with Crippen LogP contribution < -0.4 is 9.46 Å². The molecule has 0 spiro atoms. The second-order valence-electron chi connectivity index (χ2n) is 5.83. The van der Waals surface area contributed by atoms with Crippen LogP contribution in [0.2, 0.25) is 0 Å². The summed E-state index contributed by atoms with van der Waals surface area (Å²) >= 11 is 0. The van der Waals surface area contributed by atoms with Gasteiger partial charge in [0.1, 0.15) is 5.75 Å². The lowest BCUT2D eigenvalue weighted by molar-refractivity contribution is -0.114. The van der Waals surface area contributed by atoms with E-state index in [2.05, 4.69) is 4.98 Å². The fourth-order valence-electron chi connectivity index (χ4n) is 2.75. The van der Waals surface area contributed by atoms with Crippen molar-refractivity contribution in [2.75, 3.05) is 12.4 Å². The number of aromatic nitrogens is 1. The molecule has 0 saturated heterocycles. The molecule has 1 aliphatic rings. The van der Waals surface area contributed by atoms with Crippen molar-refractivity contribution in [1.82, 2.24) is 9.71 Å². The van der Waals surface area contributed by atoms with Crippen molar-refractivity contribution in [3.8, 4) is 5.75 Å². The zero-order chi connectivity index (χ0) is 19.7. The van der Waals surface area contributed by atoms with Gasteiger partial charge in [-0.25, -0.2) is 13.1 Å². The number of sulfonamides is 1. The summed E-state index contributed by atoms with van der Waals surface area (Å²) in [6, 6.07) is 6.93. The monoisotopic (exact) mass is 410 g/mol. The summed E-state index contributed by atoms with van der Waals surface area (Å²) in [5.74, 6) is -0.286. The van der Waals surface area contributed by atoms with Gasteiger partial charge in [-0.1, -0.05) is 12.1 Å². The van der Waals surface area contributed by atoms with Gasteiger partial charge in [-0.05, 0) is 37.1 Å². The number of fused-ring (bicyclic) bond motifs is 1. The maximum atomic E-state index is 12.4. The third-order valence-electron chi connectivity index (χ3n) is 3.98. The SMILES string of the molecule is CCOc1ccc(C=CC(=O)NS(=O)(=O)c2[nH]cc3c2CCS3(=O)=O)cc1. The Morgan fingerprint density at radius 2 is 2.00 bits per heavy atom. The molecule has 0 aliphatic carbocycles. The Hall–Kier alpha value is -2.59. The highest BCUT2D eigenvalue weighted by Crippen LogP contribution is 2.30. The number of H-pyrrole nitrogens is 1. The van der Waals surface area contributed by atoms with Crippen molar-refractivity contribution in [1.29, 1.82) is 0 Å². The van der Waals surface area contributed by atoms with Crippen LogP contribution in [0.4, 0.5) is 0 Å². The fourth-order valence-corrected chi connectivity index (χ4v) is 5.51. The first-order valence-corrected chi connectivity index (χ1v) is 11.3. The molecule has 0 atom stereocenters. The van der Waals surface area contributed by atoms with Crippen molar-refractivity contribution < 1.29 is 26.4 Å². The third kappa shape index (κ3) is 4.06. The van der Waals surface area contributed by atoms with E-state index in [-0.39, 0.29) is 27.7 Å². The second kappa shape index (κ2) is 7.20. The molecule has 2 heterocycles. The topological polar surface area (TPSA) is 122 Å². The molecule has 8 nitrogen and oxygen atoms in total. The zero-order valence-corrected chi connectivity index (χ0v) is 16.1. The fraction of sp³-hybridized carbons (Fsp3) is 0.235. The Labute approximate surface area is 157 Å². The molecule has 0 fully saturated rings. The van der Waals surface area contributed by atoms with Gasteiger partial charge in [-0.3, -0.25) is 4.79 Å². The summed E-state index contributed by atoms with van der Waals surface area (Å²) in [6.45, 7) is 2.41. The van der Waals surface area contributed by atoms with E-state index in [1.165, 1.54) is 6.08 Å². The number of benzene rings is 1. The van der Waals surface area contributed by atoms with Crippen LogP contribution in [-0.2, 0) is 31.1 Å². The molecule has 1 aromatic carbocycles. The van der Waals surface area contributed by atoms with E-state index in [1.807, 2.05) is 11.6 Å². The van der Waals surface area contributed by atoms with Gasteiger partial charge < -0.3 is 9.72 Å². The number of hydrogen-bond acceptors (Lipinski definition) is 6. The van der Waals surface area contributed by atoms with Crippen LogP contribution in [0.5, 0.6) is 5.75 Å². The van der Waals surface area contributed by atoms with Gasteiger partial charge in [0.05, 0.1) is 17.3 Å². The summed E-state index contributed by atoms with van der Waals surface area (Å²) in [5.41, 5.74) is 0.878. The van der Waals surface area contributed by atoms with Crippen molar-refractivity contribution in [3.63, 3.8) is 0 Å². The summed E-state index contributed by atoms with van der Waals surface area (Å²) < 4.78 is 55.7. The Kier molecular flexibility index (Phi) is 5.11. The van der Waals surface area contributed by atoms with E-state index >= 15 is 0 Å². The highest BCUT2D eigenvalue weighted by Gasteiger charge is 2.34. The van der Waals surface area contributed by atoms with Crippen LogP contribution in [0.15, 0.2) is 46.5 Å². The molecule has 0 radical (unpaired) electrons. The molecule has 144 valence electrons. The normalized spacial score (nSPS) is 15.6. The maximum Gasteiger partial charge on any atom is 0.280 e. The van der Waals surface area contributed by atoms with E-state index in [4.69, 9.17) is 4.74 Å². The molecule has 2 aromatic rings. The van der Waals surface area contributed by atoms with E-state index in [0.29, 0.717) is 17.9 Å². The van der Waals surface area contributed by atoms with Gasteiger partial charge in [0.15, 0.2) is 14.9 Å². The molecule has 27 heavy (non-hydrogen) atoms. The van der Waals surface area contributed by atoms with Crippen molar-refractivity contribution in [2.45, 2.75) is 23.3 Å². The first-order valence-electron chi connectivity index (χ1n) is 8.13. The first kappa shape index (κ1) is 19.2. The number of sulfone groups is 1. The largest absolute Gasteiger partial charge is 0.494 e. The number of ether oxygens (including phenoxy) is 1. The minimum absolute atomic E-state index is 0.0275. The van der Waals surface area contributed by atoms with Gasteiger partial charge in [-0.2, -0.15) is 8.42 Å². The van der Waals surface area contributed by atoms with Gasteiger partial charge >= 0.3 is 0 Å². The van der Waals surface area contributed by atoms with E-state index in [0.717, 1.165) is 12.3 Å². The summed E-state index contributed by atoms with van der Waals surface area (Å²) in [7, 11) is -7.66. The van der Waals surface area contributed by atoms with Crippen LogP contribution in [0.25, 0.3) is 6.08 Å². The minimum Gasteiger partial charge on any atom is -0.494 e. The second-order valence-corrected chi connectivity index (χ2v) is 9.53. The Bertz CT molecular complexity index is 1100. The number of amides is 1. The van der Waals surface area contributed by atoms with Crippen molar-refractivity contribution in [2.24, 2.45) is 0 Å². The molecule has 0 bridgehead atoms. The van der Waals surface area contributed by atoms with Crippen LogP contribution in [0.1, 0.15) is 18.1 Å². The number of aromatic amines is 1. The lowest BCUT2D eigenvalue weighted by atomic mass is 10.2. The van der Waals surface area contributed by atoms with Crippen molar-refractivity contribution >= 4 is 31.8 Å². The molecular weight excluding hydrogens is 392 g/mol. The number of carbonyl (C=O) groups excluding carboxylic acids is 1. The average Bonchev–Trinajstić information content (AvgIpc) is 3.16. The molecule has 0 saturated carbocycles. The number of hydrogen-bond donors (Lipinski definition) is 2. The van der Waals surface area contributed by atoms with Crippen LogP contribution in [-0.4, -0.2) is 40.1 Å². The lowest BCUT2D eigenvalue weighted by Gasteiger charge is -2.05. The first-order chi connectivity index (χ1) is 12.7. The molecule has 2 N–H and O–H groups in total. The predicted octanol–water partition coefficient (Wildman–Crippen LogP) is 1.26. The molecule has 10 heteroatoms. The minimum atomic E-state index is -4.20. The van der Waals surface area contributed by atoms with Gasteiger partial charge in [0.25, 0.3) is 15.9 Å². The quantitative estimate of drug-likeness (QED) is 0.692. The Morgan fingerprint density at radius 1 is 1.30 bits per heavy atom. The van der Waals surface area contributed by atoms with Gasteiger partial charge in [0.2, 0.25) is 0 Å². The van der Waals surface area contributed by atoms with Crippen LogP contribution in [0, 0.1) is 0 Å². The summed E-state index contributed by atoms with van der Waals surface area (Å²) in [5, 5.41) is -0.290. The Balaban J connectivity index is 1.72. The van der Waals surface area contributed by atoms with Crippen LogP contribution >= 0.6 is 0 Å². The summed E-state index contributed by atoms with van der Waals surface area (Å²) in [4.78, 5) is 14.4. The van der Waals surface area contributed by atoms with Gasteiger partial charge in [-0.15, -0.1) is 0 Å². The summed E-state index contributed by atoms with van der Waals surface area (Å²) in [6.07, 6.45) is 3.79. The van der Waals surface area contributed by atoms with Gasteiger partial charge in [0, 0.05) is 17.8 Å². The average molecular weight is 410 g/mol. The highest BCUT2D eigenvalue weighted by atomic mass is 32.2. The molecule has 1 aromatic heterocycles. The van der Waals surface area contributed by atoms with Crippen LogP contribution in [0.3, 0.4) is 0 Å². The van der Waals surface area contributed by atoms with E-state index < -0.39 is 25.8 Å². The number of rotatable bonds is 6.